The summed E-state index contributed by atoms with van der Waals surface area (Å²) >= 11 is 3.16. The number of para-hydroxylation sites is 2. The van der Waals surface area contributed by atoms with Crippen molar-refractivity contribution in [3.63, 3.8) is 0 Å². The summed E-state index contributed by atoms with van der Waals surface area (Å²) in [6.07, 6.45) is 3.30. The van der Waals surface area contributed by atoms with E-state index in [-0.39, 0.29) is 17.1 Å². The van der Waals surface area contributed by atoms with E-state index in [0.717, 1.165) is 31.6 Å². The molecule has 1 aliphatic heterocycles. The van der Waals surface area contributed by atoms with Crippen LogP contribution in [0.5, 0.6) is 0 Å². The summed E-state index contributed by atoms with van der Waals surface area (Å²) in [7, 11) is 0. The van der Waals surface area contributed by atoms with Gasteiger partial charge in [-0.05, 0) is 61.0 Å². The molecule has 4 nitrogen and oxygen atoms in total. The highest BCUT2D eigenvalue weighted by atomic mass is 32.2. The SMILES string of the molecule is CC(Sc1cccc(NC(=O)/C=C/c2ccccc2)c1)C(=O)N1c2ccccc2Sc2ccccc21. The summed E-state index contributed by atoms with van der Waals surface area (Å²) in [6, 6.07) is 33.3. The van der Waals surface area contributed by atoms with Crippen LogP contribution in [0.1, 0.15) is 12.5 Å². The summed E-state index contributed by atoms with van der Waals surface area (Å²) in [5.74, 6) is -0.190. The summed E-state index contributed by atoms with van der Waals surface area (Å²) in [5.41, 5.74) is 3.46. The van der Waals surface area contributed by atoms with Crippen LogP contribution in [-0.4, -0.2) is 17.1 Å². The van der Waals surface area contributed by atoms with Gasteiger partial charge in [-0.15, -0.1) is 11.8 Å². The molecule has 1 N–H and O–H groups in total. The van der Waals surface area contributed by atoms with Crippen LogP contribution < -0.4 is 10.2 Å². The third-order valence-electron chi connectivity index (χ3n) is 5.64. The second-order valence-electron chi connectivity index (χ2n) is 8.23. The minimum atomic E-state index is -0.335. The van der Waals surface area contributed by atoms with Gasteiger partial charge in [-0.1, -0.05) is 72.4 Å². The first-order chi connectivity index (χ1) is 17.6. The molecule has 0 aromatic heterocycles. The molecular weight excluding hydrogens is 484 g/mol. The Hall–Kier alpha value is -3.74. The molecule has 2 amide bonds. The zero-order valence-corrected chi connectivity index (χ0v) is 21.3. The van der Waals surface area contributed by atoms with Crippen molar-refractivity contribution >= 4 is 58.5 Å². The molecule has 36 heavy (non-hydrogen) atoms. The topological polar surface area (TPSA) is 49.4 Å². The fraction of sp³-hybridized carbons (Fsp3) is 0.0667. The summed E-state index contributed by atoms with van der Waals surface area (Å²) < 4.78 is 0. The van der Waals surface area contributed by atoms with E-state index in [1.54, 1.807) is 17.8 Å². The van der Waals surface area contributed by atoms with Gasteiger partial charge < -0.3 is 5.32 Å². The van der Waals surface area contributed by atoms with E-state index < -0.39 is 0 Å². The number of nitrogens with one attached hydrogen (secondary N) is 1. The van der Waals surface area contributed by atoms with Crippen molar-refractivity contribution in [2.45, 2.75) is 26.9 Å². The Bertz CT molecular complexity index is 1390. The highest BCUT2D eigenvalue weighted by molar-refractivity contribution is 8.00. The Morgan fingerprint density at radius 1 is 0.833 bits per heavy atom. The highest BCUT2D eigenvalue weighted by Gasteiger charge is 2.31. The van der Waals surface area contributed by atoms with Crippen molar-refractivity contribution in [2.75, 3.05) is 10.2 Å². The number of fused-ring (bicyclic) bond motifs is 2. The van der Waals surface area contributed by atoms with E-state index >= 15 is 0 Å². The Kier molecular flexibility index (Phi) is 7.26. The van der Waals surface area contributed by atoms with Gasteiger partial charge in [-0.25, -0.2) is 0 Å². The lowest BCUT2D eigenvalue weighted by Gasteiger charge is -2.32. The molecule has 5 rings (SSSR count). The van der Waals surface area contributed by atoms with Crippen molar-refractivity contribution in [3.8, 4) is 0 Å². The number of hydrogen-bond donors (Lipinski definition) is 1. The van der Waals surface area contributed by atoms with Gasteiger partial charge in [0.25, 0.3) is 0 Å². The molecule has 0 fully saturated rings. The molecule has 0 bridgehead atoms. The molecule has 1 heterocycles. The predicted molar refractivity (Wildman–Crippen MR) is 150 cm³/mol. The lowest BCUT2D eigenvalue weighted by molar-refractivity contribution is -0.117. The minimum absolute atomic E-state index is 0.0143. The van der Waals surface area contributed by atoms with Gasteiger partial charge in [0.1, 0.15) is 0 Å². The molecule has 0 saturated heterocycles. The zero-order chi connectivity index (χ0) is 24.9. The molecule has 1 aliphatic rings. The van der Waals surface area contributed by atoms with E-state index in [9.17, 15) is 9.59 Å². The van der Waals surface area contributed by atoms with Crippen LogP contribution in [0.15, 0.2) is 124 Å². The third kappa shape index (κ3) is 5.40. The van der Waals surface area contributed by atoms with Gasteiger partial charge in [0.05, 0.1) is 16.6 Å². The molecule has 1 unspecified atom stereocenters. The van der Waals surface area contributed by atoms with Gasteiger partial charge >= 0.3 is 0 Å². The van der Waals surface area contributed by atoms with Crippen molar-refractivity contribution in [3.05, 3.63) is 115 Å². The number of benzene rings is 4. The number of rotatable bonds is 6. The van der Waals surface area contributed by atoms with Crippen LogP contribution in [0, 0.1) is 0 Å². The van der Waals surface area contributed by atoms with E-state index in [0.29, 0.717) is 5.69 Å². The maximum Gasteiger partial charge on any atom is 0.248 e. The van der Waals surface area contributed by atoms with Crippen molar-refractivity contribution in [1.82, 2.24) is 0 Å². The molecule has 0 saturated carbocycles. The Morgan fingerprint density at radius 3 is 2.17 bits per heavy atom. The largest absolute Gasteiger partial charge is 0.322 e. The number of nitrogens with zero attached hydrogens (tertiary/aromatic N) is 1. The van der Waals surface area contributed by atoms with Crippen LogP contribution in [0.25, 0.3) is 6.08 Å². The fourth-order valence-electron chi connectivity index (χ4n) is 3.95. The normalized spacial score (nSPS) is 13.1. The average molecular weight is 509 g/mol. The zero-order valence-electron chi connectivity index (χ0n) is 19.6. The van der Waals surface area contributed by atoms with Crippen LogP contribution in [-0.2, 0) is 9.59 Å². The molecule has 0 radical (unpaired) electrons. The van der Waals surface area contributed by atoms with E-state index in [2.05, 4.69) is 5.32 Å². The van der Waals surface area contributed by atoms with Crippen molar-refractivity contribution in [1.29, 1.82) is 0 Å². The quantitative estimate of drug-likeness (QED) is 0.215. The van der Waals surface area contributed by atoms with E-state index in [1.807, 2.05) is 115 Å². The van der Waals surface area contributed by atoms with Gasteiger partial charge in [-0.3, -0.25) is 14.5 Å². The molecule has 6 heteroatoms. The number of amides is 2. The highest BCUT2D eigenvalue weighted by Crippen LogP contribution is 2.48. The molecule has 0 spiro atoms. The van der Waals surface area contributed by atoms with Gasteiger partial charge in [0, 0.05) is 26.4 Å². The van der Waals surface area contributed by atoms with Crippen LogP contribution in [0.4, 0.5) is 17.1 Å². The molecule has 178 valence electrons. The first-order valence-corrected chi connectivity index (χ1v) is 13.3. The Labute approximate surface area is 219 Å². The van der Waals surface area contributed by atoms with E-state index in [4.69, 9.17) is 0 Å². The van der Waals surface area contributed by atoms with Crippen molar-refractivity contribution in [2.24, 2.45) is 0 Å². The standard InChI is InChI=1S/C30H24N2O2S2/c1-21(30(34)32-25-14-5-7-16-27(25)36-28-17-8-6-15-26(28)32)35-24-13-9-12-23(20-24)31-29(33)19-18-22-10-3-2-4-11-22/h2-21H,1H3,(H,31,33)/b19-18+. The van der Waals surface area contributed by atoms with Crippen LogP contribution in [0.3, 0.4) is 0 Å². The number of carbonyl (C=O) groups is 2. The number of anilines is 3. The van der Waals surface area contributed by atoms with E-state index in [1.165, 1.54) is 17.8 Å². The van der Waals surface area contributed by atoms with Crippen molar-refractivity contribution < 1.29 is 9.59 Å². The second kappa shape index (κ2) is 10.9. The maximum atomic E-state index is 13.7. The summed E-state index contributed by atoms with van der Waals surface area (Å²) in [4.78, 5) is 31.0. The van der Waals surface area contributed by atoms with Gasteiger partial charge in [0.2, 0.25) is 11.8 Å². The maximum absolute atomic E-state index is 13.7. The second-order valence-corrected chi connectivity index (χ2v) is 10.7. The van der Waals surface area contributed by atoms with Gasteiger partial charge in [-0.2, -0.15) is 0 Å². The Morgan fingerprint density at radius 2 is 1.47 bits per heavy atom. The minimum Gasteiger partial charge on any atom is -0.322 e. The first-order valence-electron chi connectivity index (χ1n) is 11.6. The van der Waals surface area contributed by atoms with Crippen LogP contribution in [0.2, 0.25) is 0 Å². The lowest BCUT2D eigenvalue weighted by atomic mass is 10.2. The monoisotopic (exact) mass is 508 g/mol. The number of thioether (sulfide) groups is 1. The molecular formula is C30H24N2O2S2. The Balaban J connectivity index is 1.30. The summed E-state index contributed by atoms with van der Waals surface area (Å²) in [5, 5.41) is 2.57. The molecule has 0 aliphatic carbocycles. The fourth-order valence-corrected chi connectivity index (χ4v) is 5.97. The third-order valence-corrected chi connectivity index (χ3v) is 7.85. The molecule has 4 aromatic carbocycles. The molecule has 1 atom stereocenters. The van der Waals surface area contributed by atoms with Gasteiger partial charge in [0.15, 0.2) is 0 Å². The predicted octanol–water partition coefficient (Wildman–Crippen LogP) is 7.65. The molecule has 4 aromatic rings. The average Bonchev–Trinajstić information content (AvgIpc) is 2.91. The summed E-state index contributed by atoms with van der Waals surface area (Å²) in [6.45, 7) is 1.92. The first kappa shape index (κ1) is 24.0. The smallest absolute Gasteiger partial charge is 0.248 e. The number of hydrogen-bond acceptors (Lipinski definition) is 4. The number of carbonyl (C=O) groups excluding carboxylic acids is 2. The van der Waals surface area contributed by atoms with Crippen LogP contribution >= 0.6 is 23.5 Å². The lowest BCUT2D eigenvalue weighted by Crippen LogP contribution is -2.34.